The van der Waals surface area contributed by atoms with Crippen molar-refractivity contribution in [2.24, 2.45) is 0 Å². The predicted octanol–water partition coefficient (Wildman–Crippen LogP) is 3.74. The van der Waals surface area contributed by atoms with Crippen molar-refractivity contribution in [1.29, 1.82) is 0 Å². The van der Waals surface area contributed by atoms with Crippen LogP contribution in [0.25, 0.3) is 11.1 Å². The molecule has 1 aromatic heterocycles. The number of hydrogen-bond donors (Lipinski definition) is 2. The van der Waals surface area contributed by atoms with E-state index in [-0.39, 0.29) is 18.2 Å². The van der Waals surface area contributed by atoms with Crippen molar-refractivity contribution in [3.63, 3.8) is 0 Å². The van der Waals surface area contributed by atoms with Crippen LogP contribution in [0.5, 0.6) is 11.5 Å². The Morgan fingerprint density at radius 3 is 2.60 bits per heavy atom. The Morgan fingerprint density at radius 1 is 1.17 bits per heavy atom. The molecule has 0 bridgehead atoms. The minimum absolute atomic E-state index is 0.0144. The Labute approximate surface area is 177 Å². The Morgan fingerprint density at radius 2 is 1.90 bits per heavy atom. The van der Waals surface area contributed by atoms with Crippen molar-refractivity contribution in [2.45, 2.75) is 12.5 Å². The van der Waals surface area contributed by atoms with Gasteiger partial charge in [0.25, 0.3) is 0 Å². The molecule has 2 heterocycles. The Bertz CT molecular complexity index is 1110. The lowest BCUT2D eigenvalue weighted by molar-refractivity contribution is -0.125. The highest BCUT2D eigenvalue weighted by Gasteiger charge is 2.33. The lowest BCUT2D eigenvalue weighted by Gasteiger charge is -2.24. The Balaban J connectivity index is 1.66. The van der Waals surface area contributed by atoms with Gasteiger partial charge in [-0.1, -0.05) is 17.7 Å². The highest BCUT2D eigenvalue weighted by Crippen LogP contribution is 2.38. The first-order chi connectivity index (χ1) is 14.5. The number of ether oxygens (including phenoxy) is 2. The first-order valence-corrected chi connectivity index (χ1v) is 9.54. The van der Waals surface area contributed by atoms with Gasteiger partial charge in [-0.3, -0.25) is 9.59 Å². The third kappa shape index (κ3) is 3.69. The van der Waals surface area contributed by atoms with Crippen molar-refractivity contribution >= 4 is 34.9 Å². The van der Waals surface area contributed by atoms with E-state index in [0.717, 1.165) is 5.56 Å². The molecule has 0 saturated carbocycles. The number of amides is 2. The van der Waals surface area contributed by atoms with Crippen LogP contribution < -0.4 is 20.1 Å². The molecule has 2 aromatic carbocycles. The van der Waals surface area contributed by atoms with E-state index in [2.05, 4.69) is 15.7 Å². The van der Waals surface area contributed by atoms with E-state index in [1.807, 2.05) is 6.07 Å². The van der Waals surface area contributed by atoms with Gasteiger partial charge >= 0.3 is 0 Å². The summed E-state index contributed by atoms with van der Waals surface area (Å²) >= 11 is 5.89. The van der Waals surface area contributed by atoms with E-state index in [9.17, 15) is 9.59 Å². The summed E-state index contributed by atoms with van der Waals surface area (Å²) in [6.07, 6.45) is 1.60. The number of benzene rings is 2. The standard InChI is InChI=1S/C21H19ClN4O4/c1-29-17-8-3-12(9-18(17)30-2)15-11-23-26-16(10-19(27)25-20(15)26)21(28)24-14-6-4-13(22)5-7-14/h3-9,11,16H,10H2,1-2H3,(H,24,28)(H,25,27)/t16-/m1/s1. The van der Waals surface area contributed by atoms with Crippen LogP contribution in [-0.2, 0) is 9.59 Å². The predicted molar refractivity (Wildman–Crippen MR) is 113 cm³/mol. The maximum Gasteiger partial charge on any atom is 0.249 e. The molecule has 2 N–H and O–H groups in total. The van der Waals surface area contributed by atoms with Crippen LogP contribution >= 0.6 is 11.6 Å². The summed E-state index contributed by atoms with van der Waals surface area (Å²) in [4.78, 5) is 25.2. The second-order valence-corrected chi connectivity index (χ2v) is 7.12. The van der Waals surface area contributed by atoms with E-state index >= 15 is 0 Å². The Kier molecular flexibility index (Phi) is 5.33. The van der Waals surface area contributed by atoms with Gasteiger partial charge in [0.15, 0.2) is 11.5 Å². The van der Waals surface area contributed by atoms with Gasteiger partial charge in [-0.2, -0.15) is 5.10 Å². The number of anilines is 2. The number of methoxy groups -OCH3 is 2. The molecule has 0 fully saturated rings. The fourth-order valence-corrected chi connectivity index (χ4v) is 3.47. The number of nitrogens with one attached hydrogen (secondary N) is 2. The molecule has 8 nitrogen and oxygen atoms in total. The molecule has 4 rings (SSSR count). The van der Waals surface area contributed by atoms with Crippen molar-refractivity contribution < 1.29 is 19.1 Å². The molecular weight excluding hydrogens is 408 g/mol. The van der Waals surface area contributed by atoms with Gasteiger partial charge in [0.1, 0.15) is 11.9 Å². The number of carbonyl (C=O) groups excluding carboxylic acids is 2. The second-order valence-electron chi connectivity index (χ2n) is 6.69. The van der Waals surface area contributed by atoms with Crippen LogP contribution in [0.4, 0.5) is 11.5 Å². The van der Waals surface area contributed by atoms with Crippen LogP contribution in [-0.4, -0.2) is 35.8 Å². The summed E-state index contributed by atoms with van der Waals surface area (Å²) in [6.45, 7) is 0. The lowest BCUT2D eigenvalue weighted by Crippen LogP contribution is -2.35. The molecule has 9 heteroatoms. The SMILES string of the molecule is COc1ccc(-c2cnn3c2NC(=O)C[C@@H]3C(=O)Nc2ccc(Cl)cc2)cc1OC. The van der Waals surface area contributed by atoms with Crippen molar-refractivity contribution in [1.82, 2.24) is 9.78 Å². The second kappa shape index (κ2) is 8.08. The van der Waals surface area contributed by atoms with Gasteiger partial charge in [-0.05, 0) is 42.0 Å². The smallest absolute Gasteiger partial charge is 0.249 e. The van der Waals surface area contributed by atoms with E-state index in [0.29, 0.717) is 33.6 Å². The molecule has 0 spiro atoms. The number of carbonyl (C=O) groups is 2. The third-order valence-corrected chi connectivity index (χ3v) is 5.09. The average molecular weight is 427 g/mol. The largest absolute Gasteiger partial charge is 0.493 e. The number of nitrogens with zero attached hydrogens (tertiary/aromatic N) is 2. The molecule has 3 aromatic rings. The minimum atomic E-state index is -0.779. The Hall–Kier alpha value is -3.52. The zero-order valence-corrected chi connectivity index (χ0v) is 17.1. The summed E-state index contributed by atoms with van der Waals surface area (Å²) in [7, 11) is 3.11. The fraction of sp³-hybridized carbons (Fsp3) is 0.190. The summed E-state index contributed by atoms with van der Waals surface area (Å²) in [6, 6.07) is 11.4. The van der Waals surface area contributed by atoms with Gasteiger partial charge in [0, 0.05) is 16.3 Å². The third-order valence-electron chi connectivity index (χ3n) is 4.84. The quantitative estimate of drug-likeness (QED) is 0.648. The summed E-state index contributed by atoms with van der Waals surface area (Å²) in [5.41, 5.74) is 2.03. The first kappa shape index (κ1) is 19.8. The zero-order chi connectivity index (χ0) is 21.3. The number of aromatic nitrogens is 2. The molecular formula is C21H19ClN4O4. The van der Waals surface area contributed by atoms with Gasteiger partial charge < -0.3 is 20.1 Å². The van der Waals surface area contributed by atoms with Crippen LogP contribution in [0.3, 0.4) is 0 Å². The van der Waals surface area contributed by atoms with E-state index in [1.54, 1.807) is 56.8 Å². The molecule has 1 atom stereocenters. The molecule has 0 saturated heterocycles. The summed E-state index contributed by atoms with van der Waals surface area (Å²) < 4.78 is 12.2. The molecule has 0 radical (unpaired) electrons. The number of fused-ring (bicyclic) bond motifs is 1. The number of hydrogen-bond acceptors (Lipinski definition) is 5. The molecule has 1 aliphatic rings. The summed E-state index contributed by atoms with van der Waals surface area (Å²) in [5.74, 6) is 0.992. The molecule has 2 amide bonds. The molecule has 1 aliphatic heterocycles. The van der Waals surface area contributed by atoms with Crippen LogP contribution in [0.1, 0.15) is 12.5 Å². The van der Waals surface area contributed by atoms with Crippen LogP contribution in [0.2, 0.25) is 5.02 Å². The van der Waals surface area contributed by atoms with Gasteiger partial charge in [-0.25, -0.2) is 4.68 Å². The molecule has 0 unspecified atom stereocenters. The maximum atomic E-state index is 12.9. The lowest BCUT2D eigenvalue weighted by atomic mass is 10.1. The summed E-state index contributed by atoms with van der Waals surface area (Å²) in [5, 5.41) is 10.6. The fourth-order valence-electron chi connectivity index (χ4n) is 3.35. The van der Waals surface area contributed by atoms with E-state index in [4.69, 9.17) is 21.1 Å². The topological polar surface area (TPSA) is 94.5 Å². The van der Waals surface area contributed by atoms with E-state index < -0.39 is 6.04 Å². The normalized spacial score (nSPS) is 15.2. The molecule has 30 heavy (non-hydrogen) atoms. The monoisotopic (exact) mass is 426 g/mol. The van der Waals surface area contributed by atoms with E-state index in [1.165, 1.54) is 4.68 Å². The van der Waals surface area contributed by atoms with Crippen LogP contribution in [0.15, 0.2) is 48.7 Å². The first-order valence-electron chi connectivity index (χ1n) is 9.16. The van der Waals surface area contributed by atoms with Gasteiger partial charge in [0.2, 0.25) is 11.8 Å². The zero-order valence-electron chi connectivity index (χ0n) is 16.3. The van der Waals surface area contributed by atoms with Crippen molar-refractivity contribution in [3.05, 3.63) is 53.7 Å². The van der Waals surface area contributed by atoms with Gasteiger partial charge in [0.05, 0.1) is 26.8 Å². The minimum Gasteiger partial charge on any atom is -0.493 e. The highest BCUT2D eigenvalue weighted by atomic mass is 35.5. The average Bonchev–Trinajstić information content (AvgIpc) is 3.17. The molecule has 154 valence electrons. The van der Waals surface area contributed by atoms with Crippen molar-refractivity contribution in [2.75, 3.05) is 24.9 Å². The van der Waals surface area contributed by atoms with Crippen molar-refractivity contribution in [3.8, 4) is 22.6 Å². The number of rotatable bonds is 5. The number of halogens is 1. The van der Waals surface area contributed by atoms with Crippen LogP contribution in [0, 0.1) is 0 Å². The maximum absolute atomic E-state index is 12.9. The highest BCUT2D eigenvalue weighted by molar-refractivity contribution is 6.30. The van der Waals surface area contributed by atoms with Gasteiger partial charge in [-0.15, -0.1) is 0 Å². The molecule has 0 aliphatic carbocycles.